The molecular weight excluding hydrogens is 405 g/mol. The molecule has 0 unspecified atom stereocenters. The first kappa shape index (κ1) is 21.0. The number of halogens is 3. The molecule has 0 aliphatic carbocycles. The zero-order valence-electron chi connectivity index (χ0n) is 15.5. The van der Waals surface area contributed by atoms with Crippen molar-refractivity contribution < 1.29 is 27.5 Å². The van der Waals surface area contributed by atoms with E-state index < -0.39 is 24.6 Å². The molecule has 5 nitrogen and oxygen atoms in total. The fourth-order valence-corrected chi connectivity index (χ4v) is 3.39. The van der Waals surface area contributed by atoms with Crippen LogP contribution in [-0.4, -0.2) is 37.4 Å². The number of hydrogen-bond donors (Lipinski definition) is 1. The number of carbonyl (C=O) groups is 2. The van der Waals surface area contributed by atoms with Crippen LogP contribution in [0.15, 0.2) is 53.4 Å². The Morgan fingerprint density at radius 2 is 1.90 bits per heavy atom. The van der Waals surface area contributed by atoms with Crippen molar-refractivity contribution in [1.82, 2.24) is 0 Å². The molecule has 0 radical (unpaired) electrons. The van der Waals surface area contributed by atoms with E-state index in [1.807, 2.05) is 30.5 Å². The Morgan fingerprint density at radius 1 is 1.21 bits per heavy atom. The van der Waals surface area contributed by atoms with Gasteiger partial charge in [-0.25, -0.2) is 0 Å². The number of rotatable bonds is 6. The fraction of sp³-hybridized carbons (Fsp3) is 0.300. The highest BCUT2D eigenvalue weighted by Crippen LogP contribution is 2.30. The fourth-order valence-electron chi connectivity index (χ4n) is 2.99. The molecule has 0 aromatic heterocycles. The Bertz CT molecular complexity index is 887. The maximum absolute atomic E-state index is 12.6. The molecule has 1 heterocycles. The van der Waals surface area contributed by atoms with Gasteiger partial charge in [-0.1, -0.05) is 12.1 Å². The molecule has 154 valence electrons. The topological polar surface area (TPSA) is 58.6 Å². The second-order valence-corrected chi connectivity index (χ2v) is 7.37. The van der Waals surface area contributed by atoms with Crippen LogP contribution < -0.4 is 15.0 Å². The molecule has 1 saturated heterocycles. The monoisotopic (exact) mass is 424 g/mol. The molecule has 1 atom stereocenters. The zero-order valence-corrected chi connectivity index (χ0v) is 16.3. The van der Waals surface area contributed by atoms with Crippen LogP contribution in [0.1, 0.15) is 6.42 Å². The third-order valence-electron chi connectivity index (χ3n) is 4.42. The molecule has 1 fully saturated rings. The summed E-state index contributed by atoms with van der Waals surface area (Å²) in [4.78, 5) is 27.6. The van der Waals surface area contributed by atoms with Crippen LogP contribution in [0.5, 0.6) is 5.75 Å². The molecule has 2 amide bonds. The minimum Gasteiger partial charge on any atom is -0.482 e. The van der Waals surface area contributed by atoms with Crippen LogP contribution in [0.4, 0.5) is 24.5 Å². The minimum absolute atomic E-state index is 0.0295. The zero-order chi connectivity index (χ0) is 21.0. The normalized spacial score (nSPS) is 16.8. The lowest BCUT2D eigenvalue weighted by Gasteiger charge is -2.18. The van der Waals surface area contributed by atoms with Crippen molar-refractivity contribution in [3.63, 3.8) is 0 Å². The number of anilines is 2. The van der Waals surface area contributed by atoms with Gasteiger partial charge in [0.2, 0.25) is 11.8 Å². The lowest BCUT2D eigenvalue weighted by molar-refractivity contribution is -0.153. The lowest BCUT2D eigenvalue weighted by atomic mass is 10.1. The molecule has 29 heavy (non-hydrogen) atoms. The quantitative estimate of drug-likeness (QED) is 0.701. The summed E-state index contributed by atoms with van der Waals surface area (Å²) >= 11 is 1.58. The summed E-state index contributed by atoms with van der Waals surface area (Å²) in [5.74, 6) is -1.31. The van der Waals surface area contributed by atoms with Crippen LogP contribution in [0.25, 0.3) is 0 Å². The highest BCUT2D eigenvalue weighted by atomic mass is 32.2. The van der Waals surface area contributed by atoms with E-state index in [4.69, 9.17) is 4.74 Å². The van der Waals surface area contributed by atoms with Gasteiger partial charge >= 0.3 is 6.18 Å². The van der Waals surface area contributed by atoms with E-state index in [0.29, 0.717) is 5.69 Å². The number of hydrogen-bond acceptors (Lipinski definition) is 4. The molecule has 1 aliphatic rings. The molecule has 0 saturated carbocycles. The summed E-state index contributed by atoms with van der Waals surface area (Å²) < 4.78 is 42.0. The second kappa shape index (κ2) is 8.77. The summed E-state index contributed by atoms with van der Waals surface area (Å²) in [6, 6.07) is 13.3. The first-order chi connectivity index (χ1) is 13.8. The third-order valence-corrected chi connectivity index (χ3v) is 5.16. The summed E-state index contributed by atoms with van der Waals surface area (Å²) in [6.45, 7) is -1.25. The van der Waals surface area contributed by atoms with E-state index in [9.17, 15) is 22.8 Å². The third kappa shape index (κ3) is 5.44. The van der Waals surface area contributed by atoms with Gasteiger partial charge in [-0.05, 0) is 42.7 Å². The number of ether oxygens (including phenoxy) is 1. The first-order valence-electron chi connectivity index (χ1n) is 8.80. The maximum atomic E-state index is 12.6. The van der Waals surface area contributed by atoms with E-state index in [0.717, 1.165) is 4.90 Å². The highest BCUT2D eigenvalue weighted by molar-refractivity contribution is 7.98. The molecule has 2 aromatic rings. The number of thioether (sulfide) groups is 1. The van der Waals surface area contributed by atoms with Gasteiger partial charge in [0, 0.05) is 23.5 Å². The number of nitrogens with zero attached hydrogens (tertiary/aromatic N) is 1. The number of nitrogens with one attached hydrogen (secondary N) is 1. The predicted octanol–water partition coefficient (Wildman–Crippen LogP) is 4.34. The molecule has 2 aromatic carbocycles. The van der Waals surface area contributed by atoms with Crippen molar-refractivity contribution in [3.8, 4) is 5.75 Å². The largest absolute Gasteiger partial charge is 0.482 e. The molecule has 3 rings (SSSR count). The lowest BCUT2D eigenvalue weighted by Crippen LogP contribution is -2.28. The summed E-state index contributed by atoms with van der Waals surface area (Å²) in [7, 11) is 0. The van der Waals surface area contributed by atoms with Gasteiger partial charge in [-0.3, -0.25) is 9.59 Å². The van der Waals surface area contributed by atoms with Crippen molar-refractivity contribution in [3.05, 3.63) is 48.5 Å². The summed E-state index contributed by atoms with van der Waals surface area (Å²) in [5.41, 5.74) is 0.842. The van der Waals surface area contributed by atoms with Gasteiger partial charge in [0.15, 0.2) is 6.61 Å². The average Bonchev–Trinajstić information content (AvgIpc) is 3.08. The van der Waals surface area contributed by atoms with Crippen LogP contribution >= 0.6 is 11.8 Å². The molecule has 0 bridgehead atoms. The summed E-state index contributed by atoms with van der Waals surface area (Å²) in [5, 5.41) is 2.59. The summed E-state index contributed by atoms with van der Waals surface area (Å²) in [6.07, 6.45) is -2.50. The number of para-hydroxylation sites is 2. The number of amides is 2. The molecule has 1 N–H and O–H groups in total. The molecule has 0 spiro atoms. The molecular formula is C20H19F3N2O3S. The number of alkyl halides is 3. The maximum Gasteiger partial charge on any atom is 0.422 e. The van der Waals surface area contributed by atoms with Crippen LogP contribution in [0.2, 0.25) is 0 Å². The first-order valence-corrected chi connectivity index (χ1v) is 10.0. The Kier molecular flexibility index (Phi) is 6.36. The van der Waals surface area contributed by atoms with Crippen molar-refractivity contribution in [2.24, 2.45) is 5.92 Å². The minimum atomic E-state index is -4.48. The van der Waals surface area contributed by atoms with E-state index in [2.05, 4.69) is 5.32 Å². The van der Waals surface area contributed by atoms with Crippen LogP contribution in [-0.2, 0) is 9.59 Å². The van der Waals surface area contributed by atoms with Crippen molar-refractivity contribution in [2.75, 3.05) is 29.6 Å². The van der Waals surface area contributed by atoms with Gasteiger partial charge in [0.25, 0.3) is 0 Å². The number of carbonyl (C=O) groups excluding carboxylic acids is 2. The van der Waals surface area contributed by atoms with Gasteiger partial charge < -0.3 is 15.0 Å². The SMILES string of the molecule is CSc1ccc(N2C[C@@H](C(=O)Nc3ccccc3OCC(F)(F)F)CC2=O)cc1. The number of benzene rings is 2. The van der Waals surface area contributed by atoms with Gasteiger partial charge in [-0.15, -0.1) is 11.8 Å². The van der Waals surface area contributed by atoms with Gasteiger partial charge in [0.05, 0.1) is 11.6 Å². The van der Waals surface area contributed by atoms with E-state index >= 15 is 0 Å². The van der Waals surface area contributed by atoms with Crippen molar-refractivity contribution in [2.45, 2.75) is 17.5 Å². The standard InChI is InChI=1S/C20H19F3N2O3S/c1-29-15-8-6-14(7-9-15)25-11-13(10-18(25)26)19(27)24-16-4-2-3-5-17(16)28-12-20(21,22)23/h2-9,13H,10-12H2,1H3,(H,24,27)/t13-/m0/s1. The van der Waals surface area contributed by atoms with Gasteiger partial charge in [-0.2, -0.15) is 13.2 Å². The molecule has 1 aliphatic heterocycles. The van der Waals surface area contributed by atoms with Crippen LogP contribution in [0, 0.1) is 5.92 Å². The Hall–Kier alpha value is -2.68. The average molecular weight is 424 g/mol. The van der Waals surface area contributed by atoms with E-state index in [1.165, 1.54) is 18.2 Å². The Morgan fingerprint density at radius 3 is 2.55 bits per heavy atom. The predicted molar refractivity (Wildman–Crippen MR) is 105 cm³/mol. The Labute approximate surface area is 170 Å². The molecule has 9 heteroatoms. The van der Waals surface area contributed by atoms with Crippen LogP contribution in [0.3, 0.4) is 0 Å². The van der Waals surface area contributed by atoms with Crippen molar-refractivity contribution in [1.29, 1.82) is 0 Å². The smallest absolute Gasteiger partial charge is 0.422 e. The van der Waals surface area contributed by atoms with E-state index in [1.54, 1.807) is 22.7 Å². The Balaban J connectivity index is 1.66. The van der Waals surface area contributed by atoms with E-state index in [-0.39, 0.29) is 30.3 Å². The van der Waals surface area contributed by atoms with Gasteiger partial charge in [0.1, 0.15) is 5.75 Å². The second-order valence-electron chi connectivity index (χ2n) is 6.49. The highest BCUT2D eigenvalue weighted by Gasteiger charge is 2.35. The van der Waals surface area contributed by atoms with Crippen molar-refractivity contribution >= 4 is 35.0 Å².